The molecular weight excluding hydrogens is 438 g/mol. The molecule has 0 spiro atoms. The number of carboxylic acid groups (broad SMARTS) is 1. The van der Waals surface area contributed by atoms with Gasteiger partial charge in [0.2, 0.25) is 5.91 Å². The second kappa shape index (κ2) is 10.5. The van der Waals surface area contributed by atoms with Gasteiger partial charge in [-0.25, -0.2) is 4.79 Å². The van der Waals surface area contributed by atoms with E-state index in [1.807, 2.05) is 41.3 Å². The van der Waals surface area contributed by atoms with Crippen LogP contribution in [0.1, 0.15) is 41.1 Å². The van der Waals surface area contributed by atoms with Crippen LogP contribution in [-0.2, 0) is 22.4 Å². The van der Waals surface area contributed by atoms with Crippen molar-refractivity contribution in [2.45, 2.75) is 31.7 Å². The highest BCUT2D eigenvalue weighted by Gasteiger charge is 2.33. The van der Waals surface area contributed by atoms with E-state index in [2.05, 4.69) is 18.2 Å². The molecule has 5 nitrogen and oxygen atoms in total. The summed E-state index contributed by atoms with van der Waals surface area (Å²) in [5.41, 5.74) is 4.10. The molecule has 1 atom stereocenters. The first-order valence-electron chi connectivity index (χ1n) is 11.1. The van der Waals surface area contributed by atoms with Crippen molar-refractivity contribution >= 4 is 23.5 Å². The normalized spacial score (nSPS) is 15.1. The number of nitrogens with zero attached hydrogens (tertiary/aromatic N) is 1. The van der Waals surface area contributed by atoms with Crippen LogP contribution in [0.25, 0.3) is 0 Å². The lowest BCUT2D eigenvalue weighted by Crippen LogP contribution is -2.40. The summed E-state index contributed by atoms with van der Waals surface area (Å²) in [7, 11) is 0. The highest BCUT2D eigenvalue weighted by molar-refractivity contribution is 6.30. The largest absolute Gasteiger partial charge is 0.482 e. The molecule has 0 saturated heterocycles. The number of aliphatic carboxylic acids is 1. The monoisotopic (exact) mass is 463 g/mol. The number of carbonyl (C=O) groups is 2. The zero-order valence-electron chi connectivity index (χ0n) is 18.2. The number of halogens is 1. The van der Waals surface area contributed by atoms with Gasteiger partial charge < -0.3 is 14.7 Å². The molecule has 170 valence electrons. The minimum atomic E-state index is -1.06. The second-order valence-corrected chi connectivity index (χ2v) is 8.58. The Morgan fingerprint density at radius 2 is 1.76 bits per heavy atom. The molecule has 1 unspecified atom stereocenters. The van der Waals surface area contributed by atoms with Gasteiger partial charge in [-0.15, -0.1) is 0 Å². The van der Waals surface area contributed by atoms with Gasteiger partial charge in [0.15, 0.2) is 6.61 Å². The van der Waals surface area contributed by atoms with Crippen LogP contribution in [-0.4, -0.2) is 35.0 Å². The number of carbonyl (C=O) groups excluding carboxylic acids is 1. The molecule has 1 amide bonds. The van der Waals surface area contributed by atoms with Gasteiger partial charge in [0.1, 0.15) is 5.75 Å². The third kappa shape index (κ3) is 5.55. The molecule has 1 heterocycles. The lowest BCUT2D eigenvalue weighted by Gasteiger charge is -2.38. The van der Waals surface area contributed by atoms with Gasteiger partial charge in [-0.2, -0.15) is 0 Å². The molecule has 33 heavy (non-hydrogen) atoms. The van der Waals surface area contributed by atoms with E-state index in [9.17, 15) is 9.59 Å². The fourth-order valence-electron chi connectivity index (χ4n) is 4.41. The minimum absolute atomic E-state index is 0.0644. The Kier molecular flexibility index (Phi) is 7.30. The molecule has 3 aromatic rings. The van der Waals surface area contributed by atoms with E-state index in [0.29, 0.717) is 29.3 Å². The summed E-state index contributed by atoms with van der Waals surface area (Å²) in [5.74, 6) is -0.575. The maximum Gasteiger partial charge on any atom is 0.341 e. The molecule has 1 aliphatic heterocycles. The van der Waals surface area contributed by atoms with Crippen LogP contribution in [0.4, 0.5) is 0 Å². The third-order valence-corrected chi connectivity index (χ3v) is 6.16. The lowest BCUT2D eigenvalue weighted by atomic mass is 9.87. The fraction of sp³-hybridized carbons (Fsp3) is 0.259. The van der Waals surface area contributed by atoms with Crippen LogP contribution in [0.2, 0.25) is 5.02 Å². The minimum Gasteiger partial charge on any atom is -0.482 e. The van der Waals surface area contributed by atoms with E-state index in [1.54, 1.807) is 18.2 Å². The van der Waals surface area contributed by atoms with Gasteiger partial charge in [-0.05, 0) is 54.2 Å². The Bertz CT molecular complexity index is 1130. The van der Waals surface area contributed by atoms with E-state index in [4.69, 9.17) is 21.4 Å². The van der Waals surface area contributed by atoms with Gasteiger partial charge in [-0.1, -0.05) is 66.2 Å². The SMILES string of the molecule is O=C(O)COc1ccc(Cl)cc1C1c2ccccc2CCN1C(=O)CCCc1ccccc1. The van der Waals surface area contributed by atoms with Crippen molar-refractivity contribution in [3.8, 4) is 5.75 Å². The second-order valence-electron chi connectivity index (χ2n) is 8.14. The number of amides is 1. The van der Waals surface area contributed by atoms with Crippen molar-refractivity contribution in [1.82, 2.24) is 4.90 Å². The Hall–Kier alpha value is -3.31. The van der Waals surface area contributed by atoms with E-state index in [1.165, 1.54) is 11.1 Å². The predicted molar refractivity (Wildman–Crippen MR) is 128 cm³/mol. The zero-order chi connectivity index (χ0) is 23.2. The summed E-state index contributed by atoms with van der Waals surface area (Å²) < 4.78 is 5.59. The van der Waals surface area contributed by atoms with Crippen LogP contribution in [0, 0.1) is 0 Å². The van der Waals surface area contributed by atoms with Crippen molar-refractivity contribution in [3.63, 3.8) is 0 Å². The summed E-state index contributed by atoms with van der Waals surface area (Å²) in [5, 5.41) is 9.61. The van der Waals surface area contributed by atoms with Gasteiger partial charge in [-0.3, -0.25) is 4.79 Å². The van der Waals surface area contributed by atoms with Crippen LogP contribution in [0.5, 0.6) is 5.75 Å². The van der Waals surface area contributed by atoms with Crippen molar-refractivity contribution in [2.75, 3.05) is 13.2 Å². The van der Waals surface area contributed by atoms with Gasteiger partial charge in [0, 0.05) is 23.6 Å². The van der Waals surface area contributed by atoms with Gasteiger partial charge >= 0.3 is 5.97 Å². The summed E-state index contributed by atoms with van der Waals surface area (Å²) in [6.07, 6.45) is 2.79. The van der Waals surface area contributed by atoms with E-state index >= 15 is 0 Å². The Morgan fingerprint density at radius 1 is 1.00 bits per heavy atom. The summed E-state index contributed by atoms with van der Waals surface area (Å²) in [4.78, 5) is 26.4. The summed E-state index contributed by atoms with van der Waals surface area (Å²) >= 11 is 6.33. The smallest absolute Gasteiger partial charge is 0.341 e. The van der Waals surface area contributed by atoms with Crippen LogP contribution in [0.15, 0.2) is 72.8 Å². The fourth-order valence-corrected chi connectivity index (χ4v) is 4.59. The van der Waals surface area contributed by atoms with E-state index in [0.717, 1.165) is 24.8 Å². The van der Waals surface area contributed by atoms with Crippen molar-refractivity contribution in [1.29, 1.82) is 0 Å². The number of fused-ring (bicyclic) bond motifs is 1. The Morgan fingerprint density at radius 3 is 2.55 bits per heavy atom. The molecule has 1 N–H and O–H groups in total. The molecule has 4 rings (SSSR count). The molecule has 0 fully saturated rings. The van der Waals surface area contributed by atoms with Crippen molar-refractivity contribution < 1.29 is 19.4 Å². The quantitative estimate of drug-likeness (QED) is 0.492. The average molecular weight is 464 g/mol. The number of rotatable bonds is 8. The molecule has 0 aromatic heterocycles. The molecule has 0 bridgehead atoms. The van der Waals surface area contributed by atoms with Gasteiger partial charge in [0.05, 0.1) is 6.04 Å². The standard InChI is InChI=1S/C27H26ClNO4/c28-21-13-14-24(33-18-26(31)32)23(17-21)27-22-11-5-4-10-20(22)15-16-29(27)25(30)12-6-9-19-7-2-1-3-8-19/h1-5,7-8,10-11,13-14,17,27H,6,9,12,15-16,18H2,(H,31,32). The number of benzene rings is 3. The maximum atomic E-state index is 13.4. The third-order valence-electron chi connectivity index (χ3n) is 5.92. The molecule has 0 saturated carbocycles. The zero-order valence-corrected chi connectivity index (χ0v) is 19.0. The van der Waals surface area contributed by atoms with Crippen LogP contribution in [0.3, 0.4) is 0 Å². The van der Waals surface area contributed by atoms with E-state index < -0.39 is 12.6 Å². The Balaban J connectivity index is 1.63. The molecule has 3 aromatic carbocycles. The van der Waals surface area contributed by atoms with Gasteiger partial charge in [0.25, 0.3) is 0 Å². The van der Waals surface area contributed by atoms with Crippen molar-refractivity contribution in [2.24, 2.45) is 0 Å². The first-order chi connectivity index (χ1) is 16.0. The predicted octanol–water partition coefficient (Wildman–Crippen LogP) is 5.30. The Labute approximate surface area is 198 Å². The van der Waals surface area contributed by atoms with Crippen LogP contribution < -0.4 is 4.74 Å². The molecule has 1 aliphatic rings. The molecule has 0 radical (unpaired) electrons. The van der Waals surface area contributed by atoms with Crippen LogP contribution >= 0.6 is 11.6 Å². The number of carboxylic acids is 1. The number of hydrogen-bond acceptors (Lipinski definition) is 3. The van der Waals surface area contributed by atoms with Crippen molar-refractivity contribution in [3.05, 3.63) is 100 Å². The first-order valence-corrected chi connectivity index (χ1v) is 11.5. The summed E-state index contributed by atoms with van der Waals surface area (Å²) in [6, 6.07) is 22.9. The topological polar surface area (TPSA) is 66.8 Å². The number of ether oxygens (including phenoxy) is 1. The highest BCUT2D eigenvalue weighted by Crippen LogP contribution is 2.40. The van der Waals surface area contributed by atoms with E-state index in [-0.39, 0.29) is 11.9 Å². The average Bonchev–Trinajstić information content (AvgIpc) is 2.83. The first kappa shape index (κ1) is 22.9. The molecule has 0 aliphatic carbocycles. The lowest BCUT2D eigenvalue weighted by molar-refractivity contribution is -0.139. The molecular formula is C27H26ClNO4. The molecule has 6 heteroatoms. The number of aryl methyl sites for hydroxylation is 1. The highest BCUT2D eigenvalue weighted by atomic mass is 35.5. The number of hydrogen-bond donors (Lipinski definition) is 1. The summed E-state index contributed by atoms with van der Waals surface area (Å²) in [6.45, 7) is 0.116. The maximum absolute atomic E-state index is 13.4.